The Labute approximate surface area is 121 Å². The first-order valence-corrected chi connectivity index (χ1v) is 6.54. The molecule has 116 valence electrons. The number of aliphatic hydroxyl groups excluding tert-OH is 2. The molecule has 21 heavy (non-hydrogen) atoms. The van der Waals surface area contributed by atoms with Gasteiger partial charge >= 0.3 is 0 Å². The number of amides is 1. The van der Waals surface area contributed by atoms with Crippen LogP contribution in [0, 0.1) is 10.1 Å². The molecule has 0 aliphatic heterocycles. The van der Waals surface area contributed by atoms with Crippen LogP contribution in [-0.2, 0) is 0 Å². The van der Waals surface area contributed by atoms with Crippen LogP contribution in [0.1, 0.15) is 30.1 Å². The summed E-state index contributed by atoms with van der Waals surface area (Å²) < 4.78 is 0. The number of benzene rings is 1. The van der Waals surface area contributed by atoms with Crippen molar-refractivity contribution in [3.63, 3.8) is 0 Å². The molecule has 0 fully saturated rings. The maximum atomic E-state index is 11.3. The van der Waals surface area contributed by atoms with E-state index >= 15 is 0 Å². The predicted molar refractivity (Wildman–Crippen MR) is 77.0 cm³/mol. The second-order valence-corrected chi connectivity index (χ2v) is 4.64. The normalized spacial score (nSPS) is 13.5. The third-order valence-electron chi connectivity index (χ3n) is 3.06. The number of carbonyl (C=O) groups excluding carboxylic acids is 1. The summed E-state index contributed by atoms with van der Waals surface area (Å²) in [5.41, 5.74) is 4.87. The minimum absolute atomic E-state index is 0.230. The van der Waals surface area contributed by atoms with Crippen LogP contribution in [0.4, 0.5) is 11.4 Å². The van der Waals surface area contributed by atoms with Gasteiger partial charge in [-0.2, -0.15) is 0 Å². The molecule has 0 aromatic heterocycles. The van der Waals surface area contributed by atoms with E-state index in [4.69, 9.17) is 5.73 Å². The van der Waals surface area contributed by atoms with Gasteiger partial charge in [0, 0.05) is 11.8 Å². The average Bonchev–Trinajstić information content (AvgIpc) is 2.44. The minimum atomic E-state index is -0.917. The zero-order valence-electron chi connectivity index (χ0n) is 11.7. The zero-order valence-corrected chi connectivity index (χ0v) is 11.7. The van der Waals surface area contributed by atoms with E-state index in [1.165, 1.54) is 12.1 Å². The predicted octanol–water partition coefficient (Wildman–Crippen LogP) is 0.627. The first kappa shape index (κ1) is 16.9. The molecule has 2 atom stereocenters. The lowest BCUT2D eigenvalue weighted by Crippen LogP contribution is -2.36. The molecule has 0 saturated carbocycles. The highest BCUT2D eigenvalue weighted by Gasteiger charge is 2.21. The lowest BCUT2D eigenvalue weighted by Gasteiger charge is -2.23. The minimum Gasteiger partial charge on any atom is -0.394 e. The summed E-state index contributed by atoms with van der Waals surface area (Å²) in [6.07, 6.45) is 0.465. The summed E-state index contributed by atoms with van der Waals surface area (Å²) in [4.78, 5) is 21.4. The van der Waals surface area contributed by atoms with Gasteiger partial charge in [0.1, 0.15) is 5.56 Å². The van der Waals surface area contributed by atoms with E-state index in [-0.39, 0.29) is 17.9 Å². The molecule has 0 radical (unpaired) electrons. The fraction of sp³-hybridized carbons (Fsp3) is 0.462. The number of nitrogens with one attached hydrogen (secondary N) is 1. The molecule has 2 unspecified atom stereocenters. The number of nitrogens with two attached hydrogens (primary N) is 1. The second-order valence-electron chi connectivity index (χ2n) is 4.64. The number of primary amides is 1. The molecule has 0 aliphatic rings. The lowest BCUT2D eigenvalue weighted by molar-refractivity contribution is -0.385. The van der Waals surface area contributed by atoms with Gasteiger partial charge in [0.05, 0.1) is 23.7 Å². The molecular formula is C13H19N3O5. The molecule has 0 spiro atoms. The Balaban J connectivity index is 3.01. The van der Waals surface area contributed by atoms with Gasteiger partial charge in [-0.05, 0) is 18.6 Å². The van der Waals surface area contributed by atoms with Crippen molar-refractivity contribution in [2.75, 3.05) is 11.9 Å². The third-order valence-corrected chi connectivity index (χ3v) is 3.06. The molecule has 1 aromatic carbocycles. The number of anilines is 1. The van der Waals surface area contributed by atoms with Crippen LogP contribution in [-0.4, -0.2) is 39.8 Å². The number of hydrogen-bond donors (Lipinski definition) is 4. The average molecular weight is 297 g/mol. The van der Waals surface area contributed by atoms with E-state index in [2.05, 4.69) is 5.32 Å². The van der Waals surface area contributed by atoms with Gasteiger partial charge in [-0.15, -0.1) is 0 Å². The van der Waals surface area contributed by atoms with Crippen molar-refractivity contribution in [2.45, 2.75) is 31.9 Å². The summed E-state index contributed by atoms with van der Waals surface area (Å²) in [6.45, 7) is 1.58. The molecule has 8 heteroatoms. The van der Waals surface area contributed by atoms with E-state index in [1.807, 2.05) is 6.92 Å². The first-order valence-electron chi connectivity index (χ1n) is 6.54. The fourth-order valence-electron chi connectivity index (χ4n) is 1.96. The van der Waals surface area contributed by atoms with Crippen molar-refractivity contribution in [2.24, 2.45) is 5.73 Å². The summed E-state index contributed by atoms with van der Waals surface area (Å²) in [5.74, 6) is -0.917. The lowest BCUT2D eigenvalue weighted by atomic mass is 10.1. The second kappa shape index (κ2) is 7.55. The highest BCUT2D eigenvalue weighted by molar-refractivity contribution is 5.97. The number of nitro groups is 1. The molecule has 0 bridgehead atoms. The van der Waals surface area contributed by atoms with Crippen LogP contribution in [0.5, 0.6) is 0 Å². The largest absolute Gasteiger partial charge is 0.394 e. The molecule has 0 saturated heterocycles. The maximum Gasteiger partial charge on any atom is 0.282 e. The van der Waals surface area contributed by atoms with Crippen LogP contribution in [0.15, 0.2) is 18.2 Å². The Morgan fingerprint density at radius 2 is 2.19 bits per heavy atom. The van der Waals surface area contributed by atoms with Crippen molar-refractivity contribution in [3.05, 3.63) is 33.9 Å². The number of aliphatic hydroxyl groups is 2. The van der Waals surface area contributed by atoms with Gasteiger partial charge in [-0.25, -0.2) is 0 Å². The monoisotopic (exact) mass is 297 g/mol. The number of carbonyl (C=O) groups is 1. The zero-order chi connectivity index (χ0) is 16.0. The Hall–Kier alpha value is -2.19. The summed E-state index contributed by atoms with van der Waals surface area (Å²) in [7, 11) is 0. The van der Waals surface area contributed by atoms with Crippen LogP contribution >= 0.6 is 0 Å². The fourth-order valence-corrected chi connectivity index (χ4v) is 1.96. The van der Waals surface area contributed by atoms with E-state index < -0.39 is 23.0 Å². The third kappa shape index (κ3) is 4.40. The Morgan fingerprint density at radius 1 is 1.52 bits per heavy atom. The van der Waals surface area contributed by atoms with E-state index in [0.717, 1.165) is 12.5 Å². The van der Waals surface area contributed by atoms with Gasteiger partial charge in [-0.3, -0.25) is 14.9 Å². The van der Waals surface area contributed by atoms with Gasteiger partial charge in [0.25, 0.3) is 11.6 Å². The first-order chi connectivity index (χ1) is 9.90. The van der Waals surface area contributed by atoms with Gasteiger partial charge in [-0.1, -0.05) is 13.3 Å². The molecule has 1 aromatic rings. The van der Waals surface area contributed by atoms with Crippen LogP contribution in [0.3, 0.4) is 0 Å². The topological polar surface area (TPSA) is 139 Å². The van der Waals surface area contributed by atoms with E-state index in [9.17, 15) is 25.1 Å². The summed E-state index contributed by atoms with van der Waals surface area (Å²) >= 11 is 0. The highest BCUT2D eigenvalue weighted by atomic mass is 16.6. The molecule has 1 rings (SSSR count). The highest BCUT2D eigenvalue weighted by Crippen LogP contribution is 2.23. The Bertz CT molecular complexity index is 521. The molecule has 0 aliphatic carbocycles. The maximum absolute atomic E-state index is 11.3. The standard InChI is InChI=1S/C13H19N3O5/c1-2-3-12(18)10(7-17)15-8-4-5-11(16(20)21)9(6-8)13(14)19/h4-6,10,12,15,17-18H,2-3,7H2,1H3,(H2,14,19). The molecule has 1 amide bonds. The van der Waals surface area contributed by atoms with Crippen molar-refractivity contribution in [1.82, 2.24) is 0 Å². The van der Waals surface area contributed by atoms with Crippen LogP contribution in [0.25, 0.3) is 0 Å². The van der Waals surface area contributed by atoms with Gasteiger partial charge in [0.2, 0.25) is 0 Å². The number of rotatable bonds is 8. The van der Waals surface area contributed by atoms with Gasteiger partial charge < -0.3 is 21.3 Å². The Morgan fingerprint density at radius 3 is 2.67 bits per heavy atom. The molecule has 8 nitrogen and oxygen atoms in total. The van der Waals surface area contributed by atoms with E-state index in [1.54, 1.807) is 0 Å². The van der Waals surface area contributed by atoms with Crippen molar-refractivity contribution in [3.8, 4) is 0 Å². The van der Waals surface area contributed by atoms with Crippen LogP contribution < -0.4 is 11.1 Å². The van der Waals surface area contributed by atoms with Crippen molar-refractivity contribution in [1.29, 1.82) is 0 Å². The molecule has 0 heterocycles. The smallest absolute Gasteiger partial charge is 0.282 e. The quantitative estimate of drug-likeness (QED) is 0.410. The van der Waals surface area contributed by atoms with Gasteiger partial charge in [0.15, 0.2) is 0 Å². The molecule has 5 N–H and O–H groups in total. The van der Waals surface area contributed by atoms with Crippen LogP contribution in [0.2, 0.25) is 0 Å². The molecular weight excluding hydrogens is 278 g/mol. The van der Waals surface area contributed by atoms with E-state index in [0.29, 0.717) is 12.1 Å². The van der Waals surface area contributed by atoms with Crippen molar-refractivity contribution < 1.29 is 19.9 Å². The number of hydrogen-bond acceptors (Lipinski definition) is 6. The SMILES string of the molecule is CCCC(O)C(CO)Nc1ccc([N+](=O)[O-])c(C(N)=O)c1. The van der Waals surface area contributed by atoms with Crippen molar-refractivity contribution >= 4 is 17.3 Å². The number of nitro benzene ring substituents is 1. The summed E-state index contributed by atoms with van der Waals surface area (Å²) in [5, 5.41) is 32.8. The Kier molecular flexibility index (Phi) is 6.07. The number of nitrogens with zero attached hydrogens (tertiary/aromatic N) is 1. The summed E-state index contributed by atoms with van der Waals surface area (Å²) in [6, 6.07) is 3.16.